The average Bonchev–Trinajstić information content (AvgIpc) is 2.64. The summed E-state index contributed by atoms with van der Waals surface area (Å²) in [7, 11) is 1.84. The topological polar surface area (TPSA) is 66.0 Å². The second-order valence-electron chi connectivity index (χ2n) is 7.00. The summed E-state index contributed by atoms with van der Waals surface area (Å²) in [5.74, 6) is 1.43. The number of carbonyl (C=O) groups excluding carboxylic acids is 1. The number of benzene rings is 1. The smallest absolute Gasteiger partial charge is 0.224 e. The molecule has 0 atom stereocenters. The molecule has 2 N–H and O–H groups in total. The van der Waals surface area contributed by atoms with E-state index in [2.05, 4.69) is 29.5 Å². The van der Waals surface area contributed by atoms with Crippen molar-refractivity contribution in [1.29, 1.82) is 0 Å². The summed E-state index contributed by atoms with van der Waals surface area (Å²) in [5.41, 5.74) is 1.14. The first-order chi connectivity index (χ1) is 13.0. The normalized spacial score (nSPS) is 11.1. The van der Waals surface area contributed by atoms with Crippen LogP contribution >= 0.6 is 24.0 Å². The highest BCUT2D eigenvalue weighted by molar-refractivity contribution is 14.0. The molecule has 28 heavy (non-hydrogen) atoms. The van der Waals surface area contributed by atoms with Gasteiger partial charge in [-0.05, 0) is 24.8 Å². The van der Waals surface area contributed by atoms with Gasteiger partial charge in [0.25, 0.3) is 0 Å². The first-order valence-corrected chi connectivity index (χ1v) is 9.90. The second-order valence-corrected chi connectivity index (χ2v) is 7.00. The summed E-state index contributed by atoms with van der Waals surface area (Å²) in [4.78, 5) is 18.6. The number of guanidine groups is 1. The molecule has 0 fully saturated rings. The molecule has 1 amide bonds. The fraction of sp³-hybridized carbons (Fsp3) is 0.619. The number of nitrogens with zero attached hydrogens (tertiary/aromatic N) is 2. The summed E-state index contributed by atoms with van der Waals surface area (Å²) >= 11 is 0. The van der Waals surface area contributed by atoms with Gasteiger partial charge in [0.05, 0.1) is 0 Å². The fourth-order valence-electron chi connectivity index (χ4n) is 2.44. The molecule has 0 aliphatic carbocycles. The van der Waals surface area contributed by atoms with Gasteiger partial charge in [0.15, 0.2) is 5.96 Å². The van der Waals surface area contributed by atoms with Crippen LogP contribution in [-0.4, -0.2) is 56.7 Å². The summed E-state index contributed by atoms with van der Waals surface area (Å²) in [6.07, 6.45) is 1.33. The van der Waals surface area contributed by atoms with Crippen molar-refractivity contribution in [3.63, 3.8) is 0 Å². The monoisotopic (exact) mass is 504 g/mol. The summed E-state index contributed by atoms with van der Waals surface area (Å²) < 4.78 is 5.56. The standard InChI is InChI=1S/C21H36N4O2.HI/c1-5-22-21(23-13-9-15-27-17-18(2)3)24-14-12-20(26)25(4)16-19-10-7-6-8-11-19;/h6-8,10-11,18H,5,9,12-17H2,1-4H3,(H2,22,23,24);1H. The lowest BCUT2D eigenvalue weighted by atomic mass is 10.2. The molecule has 0 saturated carbocycles. The first kappa shape index (κ1) is 26.6. The molecule has 0 saturated heterocycles. The van der Waals surface area contributed by atoms with Gasteiger partial charge < -0.3 is 20.3 Å². The van der Waals surface area contributed by atoms with Gasteiger partial charge in [0, 0.05) is 52.9 Å². The van der Waals surface area contributed by atoms with Crippen molar-refractivity contribution < 1.29 is 9.53 Å². The molecule has 0 aliphatic heterocycles. The predicted molar refractivity (Wildman–Crippen MR) is 127 cm³/mol. The van der Waals surface area contributed by atoms with Gasteiger partial charge in [0.1, 0.15) is 0 Å². The van der Waals surface area contributed by atoms with Crippen LogP contribution in [0.2, 0.25) is 0 Å². The number of ether oxygens (including phenoxy) is 1. The van der Waals surface area contributed by atoms with Crippen molar-refractivity contribution in [2.24, 2.45) is 10.9 Å². The quantitative estimate of drug-likeness (QED) is 0.199. The molecule has 7 heteroatoms. The van der Waals surface area contributed by atoms with E-state index in [4.69, 9.17) is 4.74 Å². The van der Waals surface area contributed by atoms with Crippen molar-refractivity contribution >= 4 is 35.8 Å². The van der Waals surface area contributed by atoms with E-state index in [0.717, 1.165) is 37.7 Å². The Labute approximate surface area is 187 Å². The van der Waals surface area contributed by atoms with Crippen molar-refractivity contribution in [2.75, 3.05) is 39.9 Å². The van der Waals surface area contributed by atoms with E-state index in [1.807, 2.05) is 44.3 Å². The van der Waals surface area contributed by atoms with Gasteiger partial charge in [-0.1, -0.05) is 44.2 Å². The molecule has 0 spiro atoms. The molecular weight excluding hydrogens is 467 g/mol. The van der Waals surface area contributed by atoms with E-state index in [0.29, 0.717) is 32.0 Å². The molecule has 1 aromatic rings. The molecule has 160 valence electrons. The van der Waals surface area contributed by atoms with Gasteiger partial charge in [-0.15, -0.1) is 24.0 Å². The maximum atomic E-state index is 12.3. The van der Waals surface area contributed by atoms with Crippen LogP contribution in [0, 0.1) is 5.92 Å². The van der Waals surface area contributed by atoms with Crippen molar-refractivity contribution in [3.05, 3.63) is 35.9 Å². The van der Waals surface area contributed by atoms with Crippen LogP contribution in [0.4, 0.5) is 0 Å². The van der Waals surface area contributed by atoms with Crippen molar-refractivity contribution in [3.8, 4) is 0 Å². The zero-order valence-corrected chi connectivity index (χ0v) is 20.1. The zero-order valence-electron chi connectivity index (χ0n) is 17.7. The van der Waals surface area contributed by atoms with Crippen LogP contribution in [0.1, 0.15) is 39.2 Å². The number of amides is 1. The Bertz CT molecular complexity index is 553. The SMILES string of the molecule is CCNC(=NCCCOCC(C)C)NCCC(=O)N(C)Cc1ccccc1.I. The summed E-state index contributed by atoms with van der Waals surface area (Å²) in [6, 6.07) is 10.0. The number of nitrogens with one attached hydrogen (secondary N) is 2. The molecule has 0 bridgehead atoms. The van der Waals surface area contributed by atoms with E-state index in [1.165, 1.54) is 0 Å². The summed E-state index contributed by atoms with van der Waals surface area (Å²) in [5, 5.41) is 6.44. The van der Waals surface area contributed by atoms with Gasteiger partial charge in [-0.25, -0.2) is 0 Å². The van der Waals surface area contributed by atoms with Crippen LogP contribution in [0.25, 0.3) is 0 Å². The maximum Gasteiger partial charge on any atom is 0.224 e. The third-order valence-electron chi connectivity index (χ3n) is 3.83. The van der Waals surface area contributed by atoms with Gasteiger partial charge in [0.2, 0.25) is 5.91 Å². The first-order valence-electron chi connectivity index (χ1n) is 9.90. The Morgan fingerprint density at radius 2 is 1.93 bits per heavy atom. The largest absolute Gasteiger partial charge is 0.381 e. The van der Waals surface area contributed by atoms with E-state index >= 15 is 0 Å². The lowest BCUT2D eigenvalue weighted by Gasteiger charge is -2.18. The number of rotatable bonds is 12. The number of hydrogen-bond acceptors (Lipinski definition) is 3. The molecule has 0 unspecified atom stereocenters. The molecule has 1 aromatic carbocycles. The van der Waals surface area contributed by atoms with Crippen molar-refractivity contribution in [1.82, 2.24) is 15.5 Å². The maximum absolute atomic E-state index is 12.3. The molecule has 1 rings (SSSR count). The Kier molecular flexibility index (Phi) is 15.8. The van der Waals surface area contributed by atoms with Crippen LogP contribution in [0.3, 0.4) is 0 Å². The second kappa shape index (κ2) is 16.6. The van der Waals surface area contributed by atoms with Crippen LogP contribution in [0.5, 0.6) is 0 Å². The van der Waals surface area contributed by atoms with Crippen LogP contribution in [-0.2, 0) is 16.1 Å². The number of aliphatic imine (C=N–C) groups is 1. The molecule has 0 aliphatic rings. The van der Waals surface area contributed by atoms with Crippen LogP contribution < -0.4 is 10.6 Å². The lowest BCUT2D eigenvalue weighted by molar-refractivity contribution is -0.130. The Hall–Kier alpha value is -1.35. The Morgan fingerprint density at radius 1 is 1.21 bits per heavy atom. The molecule has 0 heterocycles. The highest BCUT2D eigenvalue weighted by Gasteiger charge is 2.09. The van der Waals surface area contributed by atoms with E-state index in [9.17, 15) is 4.79 Å². The number of carbonyl (C=O) groups is 1. The summed E-state index contributed by atoms with van der Waals surface area (Å²) in [6.45, 7) is 10.5. The minimum Gasteiger partial charge on any atom is -0.381 e. The molecular formula is C21H37IN4O2. The molecule has 0 radical (unpaired) electrons. The number of hydrogen-bond donors (Lipinski definition) is 2. The minimum atomic E-state index is 0. The Balaban J connectivity index is 0.00000729. The van der Waals surface area contributed by atoms with Gasteiger partial charge in [-0.3, -0.25) is 9.79 Å². The minimum absolute atomic E-state index is 0. The zero-order chi connectivity index (χ0) is 19.9. The van der Waals surface area contributed by atoms with Crippen LogP contribution in [0.15, 0.2) is 35.3 Å². The fourth-order valence-corrected chi connectivity index (χ4v) is 2.44. The predicted octanol–water partition coefficient (Wildman–Crippen LogP) is 3.27. The lowest BCUT2D eigenvalue weighted by Crippen LogP contribution is -2.39. The van der Waals surface area contributed by atoms with Crippen molar-refractivity contribution in [2.45, 2.75) is 40.2 Å². The van der Waals surface area contributed by atoms with E-state index in [1.54, 1.807) is 4.90 Å². The highest BCUT2D eigenvalue weighted by atomic mass is 127. The molecule has 6 nitrogen and oxygen atoms in total. The molecule has 0 aromatic heterocycles. The third kappa shape index (κ3) is 12.9. The number of halogens is 1. The van der Waals surface area contributed by atoms with Gasteiger partial charge in [-0.2, -0.15) is 0 Å². The Morgan fingerprint density at radius 3 is 2.57 bits per heavy atom. The van der Waals surface area contributed by atoms with Gasteiger partial charge >= 0.3 is 0 Å². The van der Waals surface area contributed by atoms with E-state index in [-0.39, 0.29) is 29.9 Å². The highest BCUT2D eigenvalue weighted by Crippen LogP contribution is 2.03. The van der Waals surface area contributed by atoms with E-state index < -0.39 is 0 Å². The third-order valence-corrected chi connectivity index (χ3v) is 3.83. The average molecular weight is 504 g/mol.